The second kappa shape index (κ2) is 7.10. The molecule has 2 aliphatic heterocycles. The summed E-state index contributed by atoms with van der Waals surface area (Å²) in [7, 11) is 1.60. The predicted molar refractivity (Wildman–Crippen MR) is 98.2 cm³/mol. The first-order valence-electron chi connectivity index (χ1n) is 9.91. The zero-order chi connectivity index (χ0) is 19.9. The van der Waals surface area contributed by atoms with Crippen molar-refractivity contribution in [2.75, 3.05) is 33.4 Å². The highest BCUT2D eigenvalue weighted by Crippen LogP contribution is 2.50. The van der Waals surface area contributed by atoms with Crippen molar-refractivity contribution >= 4 is 11.8 Å². The molecular formula is C21H26F2N2O3. The Bertz CT molecular complexity index is 796. The number of methoxy groups -OCH3 is 1. The molecule has 1 aliphatic carbocycles. The molecule has 5 nitrogen and oxygen atoms in total. The molecule has 2 heterocycles. The number of rotatable bonds is 5. The van der Waals surface area contributed by atoms with E-state index in [1.807, 2.05) is 4.90 Å². The lowest BCUT2D eigenvalue weighted by Crippen LogP contribution is -2.50. The van der Waals surface area contributed by atoms with Crippen LogP contribution in [0.2, 0.25) is 0 Å². The molecule has 0 bridgehead atoms. The van der Waals surface area contributed by atoms with Crippen molar-refractivity contribution in [3.8, 4) is 0 Å². The van der Waals surface area contributed by atoms with E-state index in [4.69, 9.17) is 4.74 Å². The van der Waals surface area contributed by atoms with Crippen molar-refractivity contribution in [3.05, 3.63) is 35.4 Å². The lowest BCUT2D eigenvalue weighted by atomic mass is 9.78. The van der Waals surface area contributed by atoms with E-state index in [1.165, 1.54) is 12.1 Å². The van der Waals surface area contributed by atoms with Gasteiger partial charge in [-0.1, -0.05) is 12.1 Å². The standard InChI is InChI=1S/C21H26F2N2O3/c1-28-14-21(7-8-21)19(27)25-11-9-20(13-25)6-3-10-24(18(20)26)12-15-4-2-5-16(22)17(15)23/h2,4-5H,3,6-14H2,1H3. The minimum Gasteiger partial charge on any atom is -0.384 e. The van der Waals surface area contributed by atoms with Crippen LogP contribution in [0.1, 0.15) is 37.7 Å². The fourth-order valence-corrected chi connectivity index (χ4v) is 4.79. The van der Waals surface area contributed by atoms with Crippen molar-refractivity contribution in [3.63, 3.8) is 0 Å². The molecule has 2 amide bonds. The molecule has 28 heavy (non-hydrogen) atoms. The van der Waals surface area contributed by atoms with Crippen LogP contribution in [0.15, 0.2) is 18.2 Å². The number of nitrogens with zero attached hydrogens (tertiary/aromatic N) is 2. The third-order valence-electron chi connectivity index (χ3n) is 6.59. The highest BCUT2D eigenvalue weighted by atomic mass is 19.2. The number of amides is 2. The third-order valence-corrected chi connectivity index (χ3v) is 6.59. The summed E-state index contributed by atoms with van der Waals surface area (Å²) in [4.78, 5) is 29.6. The van der Waals surface area contributed by atoms with Gasteiger partial charge in [0.1, 0.15) is 0 Å². The van der Waals surface area contributed by atoms with Crippen LogP contribution in [-0.4, -0.2) is 55.0 Å². The normalized spacial score (nSPS) is 26.2. The summed E-state index contributed by atoms with van der Waals surface area (Å²) in [6.07, 6.45) is 3.83. The molecule has 3 aliphatic rings. The van der Waals surface area contributed by atoms with E-state index in [2.05, 4.69) is 0 Å². The molecule has 2 saturated heterocycles. The van der Waals surface area contributed by atoms with E-state index in [0.29, 0.717) is 32.7 Å². The summed E-state index contributed by atoms with van der Waals surface area (Å²) in [5, 5.41) is 0. The summed E-state index contributed by atoms with van der Waals surface area (Å²) < 4.78 is 32.8. The van der Waals surface area contributed by atoms with Crippen LogP contribution >= 0.6 is 0 Å². The van der Waals surface area contributed by atoms with Gasteiger partial charge in [0, 0.05) is 38.9 Å². The number of hydrogen-bond acceptors (Lipinski definition) is 3. The molecule has 0 radical (unpaired) electrons. The maximum atomic E-state index is 14.1. The van der Waals surface area contributed by atoms with Crippen molar-refractivity contribution < 1.29 is 23.1 Å². The van der Waals surface area contributed by atoms with Crippen LogP contribution < -0.4 is 0 Å². The first-order chi connectivity index (χ1) is 13.4. The summed E-state index contributed by atoms with van der Waals surface area (Å²) in [5.74, 6) is -1.75. The van der Waals surface area contributed by atoms with Crippen LogP contribution in [0.5, 0.6) is 0 Å². The molecule has 0 aromatic heterocycles. The molecule has 1 spiro atoms. The van der Waals surface area contributed by atoms with Gasteiger partial charge in [0.15, 0.2) is 11.6 Å². The molecule has 4 rings (SSSR count). The Balaban J connectivity index is 1.47. The Morgan fingerprint density at radius 1 is 1.18 bits per heavy atom. The molecule has 1 unspecified atom stereocenters. The van der Waals surface area contributed by atoms with Gasteiger partial charge < -0.3 is 14.5 Å². The molecule has 0 N–H and O–H groups in total. The Morgan fingerprint density at radius 3 is 2.68 bits per heavy atom. The monoisotopic (exact) mass is 392 g/mol. The number of carbonyl (C=O) groups is 2. The molecular weight excluding hydrogens is 366 g/mol. The van der Waals surface area contributed by atoms with Crippen LogP contribution in [0.25, 0.3) is 0 Å². The van der Waals surface area contributed by atoms with E-state index >= 15 is 0 Å². The van der Waals surface area contributed by atoms with E-state index < -0.39 is 22.5 Å². The van der Waals surface area contributed by atoms with Gasteiger partial charge in [-0.15, -0.1) is 0 Å². The van der Waals surface area contributed by atoms with Gasteiger partial charge in [0.2, 0.25) is 11.8 Å². The Hall–Kier alpha value is -2.02. The average Bonchev–Trinajstić information content (AvgIpc) is 3.34. The van der Waals surface area contributed by atoms with Crippen molar-refractivity contribution in [1.29, 1.82) is 0 Å². The molecule has 152 valence electrons. The Morgan fingerprint density at radius 2 is 1.96 bits per heavy atom. The Labute approximate surface area is 163 Å². The van der Waals surface area contributed by atoms with Crippen LogP contribution in [0.3, 0.4) is 0 Å². The minimum absolute atomic E-state index is 0.0469. The SMILES string of the molecule is COCC1(C(=O)N2CCC3(CCCN(Cc4cccc(F)c4F)C3=O)C2)CC1. The zero-order valence-electron chi connectivity index (χ0n) is 16.2. The van der Waals surface area contributed by atoms with E-state index in [1.54, 1.807) is 12.0 Å². The lowest BCUT2D eigenvalue weighted by Gasteiger charge is -2.39. The average molecular weight is 392 g/mol. The molecule has 1 aromatic carbocycles. The fourth-order valence-electron chi connectivity index (χ4n) is 4.79. The van der Waals surface area contributed by atoms with Gasteiger partial charge in [-0.3, -0.25) is 9.59 Å². The number of benzene rings is 1. The second-order valence-electron chi connectivity index (χ2n) is 8.51. The highest BCUT2D eigenvalue weighted by Gasteiger charge is 2.56. The van der Waals surface area contributed by atoms with Gasteiger partial charge in [-0.25, -0.2) is 8.78 Å². The van der Waals surface area contributed by atoms with Crippen LogP contribution in [0.4, 0.5) is 8.78 Å². The predicted octanol–water partition coefficient (Wildman–Crippen LogP) is 2.73. The third kappa shape index (κ3) is 3.19. The van der Waals surface area contributed by atoms with Gasteiger partial charge in [-0.05, 0) is 38.2 Å². The van der Waals surface area contributed by atoms with Gasteiger partial charge in [0.05, 0.1) is 17.4 Å². The number of carbonyl (C=O) groups excluding carboxylic acids is 2. The van der Waals surface area contributed by atoms with E-state index in [9.17, 15) is 18.4 Å². The molecule has 7 heteroatoms. The first-order valence-corrected chi connectivity index (χ1v) is 9.91. The van der Waals surface area contributed by atoms with Crippen LogP contribution in [0, 0.1) is 22.5 Å². The number of likely N-dealkylation sites (tertiary alicyclic amines) is 2. The number of piperidine rings is 1. The molecule has 1 aromatic rings. The van der Waals surface area contributed by atoms with E-state index in [-0.39, 0.29) is 23.9 Å². The van der Waals surface area contributed by atoms with Gasteiger partial charge >= 0.3 is 0 Å². The van der Waals surface area contributed by atoms with Gasteiger partial charge in [0.25, 0.3) is 0 Å². The summed E-state index contributed by atoms with van der Waals surface area (Å²) >= 11 is 0. The topological polar surface area (TPSA) is 49.9 Å². The first kappa shape index (κ1) is 19.3. The highest BCUT2D eigenvalue weighted by molar-refractivity contribution is 5.89. The smallest absolute Gasteiger partial charge is 0.231 e. The summed E-state index contributed by atoms with van der Waals surface area (Å²) in [6, 6.07) is 4.05. The van der Waals surface area contributed by atoms with Crippen molar-refractivity contribution in [1.82, 2.24) is 9.80 Å². The number of halogens is 2. The zero-order valence-corrected chi connectivity index (χ0v) is 16.2. The van der Waals surface area contributed by atoms with Crippen LogP contribution in [-0.2, 0) is 20.9 Å². The van der Waals surface area contributed by atoms with Gasteiger partial charge in [-0.2, -0.15) is 0 Å². The largest absolute Gasteiger partial charge is 0.384 e. The second-order valence-corrected chi connectivity index (χ2v) is 8.51. The van der Waals surface area contributed by atoms with Crippen molar-refractivity contribution in [2.45, 2.75) is 38.6 Å². The van der Waals surface area contributed by atoms with Crippen molar-refractivity contribution in [2.24, 2.45) is 10.8 Å². The fraction of sp³-hybridized carbons (Fsp3) is 0.619. The quantitative estimate of drug-likeness (QED) is 0.774. The maximum Gasteiger partial charge on any atom is 0.231 e. The minimum atomic E-state index is -0.901. The summed E-state index contributed by atoms with van der Waals surface area (Å²) in [5.41, 5.74) is -0.808. The Kier molecular flexibility index (Phi) is 4.89. The molecule has 1 atom stereocenters. The van der Waals surface area contributed by atoms with E-state index in [0.717, 1.165) is 31.7 Å². The number of hydrogen-bond donors (Lipinski definition) is 0. The molecule has 1 saturated carbocycles. The maximum absolute atomic E-state index is 14.1. The lowest BCUT2D eigenvalue weighted by molar-refractivity contribution is -0.147. The summed E-state index contributed by atoms with van der Waals surface area (Å²) in [6.45, 7) is 1.99. The molecule has 3 fully saturated rings. The number of ether oxygens (including phenoxy) is 1.